The van der Waals surface area contributed by atoms with Crippen molar-refractivity contribution in [1.82, 2.24) is 5.32 Å². The van der Waals surface area contributed by atoms with Crippen LogP contribution < -0.4 is 5.32 Å². The number of hydrogen-bond donors (Lipinski definition) is 1. The third-order valence-corrected chi connectivity index (χ3v) is 2.42. The number of carbonyl (C=O) groups is 1. The van der Waals surface area contributed by atoms with Gasteiger partial charge in [-0.1, -0.05) is 48.5 Å². The molecule has 0 spiro atoms. The molecule has 0 unspecified atom stereocenters. The Kier molecular flexibility index (Phi) is 3.34. The smallest absolute Gasteiger partial charge is 0.207 e. The second-order valence-corrected chi connectivity index (χ2v) is 3.57. The largest absolute Gasteiger partial charge is 0.355 e. The molecule has 0 saturated heterocycles. The first-order valence-electron chi connectivity index (χ1n) is 5.21. The van der Waals surface area contributed by atoms with Crippen LogP contribution in [-0.2, 0) is 11.3 Å². The molecule has 0 fully saturated rings. The van der Waals surface area contributed by atoms with Crippen molar-refractivity contribution >= 4 is 6.41 Å². The van der Waals surface area contributed by atoms with Crippen LogP contribution in [0.3, 0.4) is 0 Å². The van der Waals surface area contributed by atoms with Gasteiger partial charge in [-0.2, -0.15) is 0 Å². The summed E-state index contributed by atoms with van der Waals surface area (Å²) in [6.07, 6.45) is 0.717. The second kappa shape index (κ2) is 5.12. The highest BCUT2D eigenvalue weighted by atomic mass is 16.1. The molecule has 16 heavy (non-hydrogen) atoms. The van der Waals surface area contributed by atoms with Crippen molar-refractivity contribution in [2.45, 2.75) is 6.54 Å². The molecule has 0 atom stereocenters. The Labute approximate surface area is 94.9 Å². The van der Waals surface area contributed by atoms with Crippen LogP contribution in [-0.4, -0.2) is 6.41 Å². The Morgan fingerprint density at radius 2 is 1.69 bits per heavy atom. The number of benzene rings is 2. The van der Waals surface area contributed by atoms with Crippen molar-refractivity contribution in [2.24, 2.45) is 0 Å². The Hall–Kier alpha value is -2.09. The standard InChI is InChI=1S/C14H13NO/c16-11-15-10-12-5-4-8-14(9-12)13-6-2-1-3-7-13/h1-9,11H,10H2,(H,15,16). The molecule has 2 aromatic carbocycles. The number of carbonyl (C=O) groups excluding carboxylic acids is 1. The minimum atomic E-state index is 0.574. The minimum absolute atomic E-state index is 0.574. The van der Waals surface area contributed by atoms with Gasteiger partial charge in [0, 0.05) is 6.54 Å². The number of rotatable bonds is 4. The Morgan fingerprint density at radius 3 is 2.44 bits per heavy atom. The van der Waals surface area contributed by atoms with Crippen LogP contribution in [0.2, 0.25) is 0 Å². The molecule has 0 saturated carbocycles. The zero-order valence-electron chi connectivity index (χ0n) is 8.89. The molecule has 0 radical (unpaired) electrons. The Bertz CT molecular complexity index is 465. The lowest BCUT2D eigenvalue weighted by atomic mass is 10.0. The molecule has 2 aromatic rings. The molecular weight excluding hydrogens is 198 g/mol. The molecule has 1 N–H and O–H groups in total. The monoisotopic (exact) mass is 211 g/mol. The summed E-state index contributed by atoms with van der Waals surface area (Å²) in [5, 5.41) is 2.66. The molecule has 2 heteroatoms. The van der Waals surface area contributed by atoms with E-state index >= 15 is 0 Å². The SMILES string of the molecule is O=CNCc1cccc(-c2ccccc2)c1. The van der Waals surface area contributed by atoms with E-state index in [2.05, 4.69) is 29.6 Å². The third-order valence-electron chi connectivity index (χ3n) is 2.42. The lowest BCUT2D eigenvalue weighted by molar-refractivity contribution is -0.109. The van der Waals surface area contributed by atoms with Crippen molar-refractivity contribution in [3.63, 3.8) is 0 Å². The van der Waals surface area contributed by atoms with E-state index in [0.717, 1.165) is 12.0 Å². The van der Waals surface area contributed by atoms with Gasteiger partial charge in [0.25, 0.3) is 0 Å². The second-order valence-electron chi connectivity index (χ2n) is 3.57. The fraction of sp³-hybridized carbons (Fsp3) is 0.0714. The summed E-state index contributed by atoms with van der Waals surface area (Å²) in [5.41, 5.74) is 3.47. The molecule has 0 aliphatic heterocycles. The van der Waals surface area contributed by atoms with Crippen LogP contribution in [0.1, 0.15) is 5.56 Å². The number of hydrogen-bond acceptors (Lipinski definition) is 1. The van der Waals surface area contributed by atoms with E-state index in [0.29, 0.717) is 6.54 Å². The summed E-state index contributed by atoms with van der Waals surface area (Å²) in [6, 6.07) is 18.4. The van der Waals surface area contributed by atoms with Gasteiger partial charge in [-0.3, -0.25) is 4.79 Å². The van der Waals surface area contributed by atoms with E-state index < -0.39 is 0 Å². The van der Waals surface area contributed by atoms with Gasteiger partial charge in [0.2, 0.25) is 6.41 Å². The van der Waals surface area contributed by atoms with Crippen LogP contribution in [0, 0.1) is 0 Å². The molecular formula is C14H13NO. The average Bonchev–Trinajstić information content (AvgIpc) is 2.38. The van der Waals surface area contributed by atoms with Crippen LogP contribution in [0.5, 0.6) is 0 Å². The zero-order chi connectivity index (χ0) is 11.2. The first-order valence-corrected chi connectivity index (χ1v) is 5.21. The first kappa shape index (κ1) is 10.4. The van der Waals surface area contributed by atoms with Gasteiger partial charge in [-0.15, -0.1) is 0 Å². The Balaban J connectivity index is 2.25. The predicted molar refractivity (Wildman–Crippen MR) is 64.8 cm³/mol. The third kappa shape index (κ3) is 2.48. The first-order chi connectivity index (χ1) is 7.90. The molecule has 0 aliphatic carbocycles. The van der Waals surface area contributed by atoms with E-state index in [1.54, 1.807) is 0 Å². The van der Waals surface area contributed by atoms with Crippen molar-refractivity contribution in [2.75, 3.05) is 0 Å². The average molecular weight is 211 g/mol. The van der Waals surface area contributed by atoms with Gasteiger partial charge in [0.15, 0.2) is 0 Å². The Morgan fingerprint density at radius 1 is 0.938 bits per heavy atom. The molecule has 0 bridgehead atoms. The molecule has 0 aliphatic rings. The van der Waals surface area contributed by atoms with Gasteiger partial charge in [-0.05, 0) is 22.8 Å². The molecule has 80 valence electrons. The molecule has 0 heterocycles. The van der Waals surface area contributed by atoms with Gasteiger partial charge < -0.3 is 5.32 Å². The van der Waals surface area contributed by atoms with Crippen molar-refractivity contribution < 1.29 is 4.79 Å². The van der Waals surface area contributed by atoms with Gasteiger partial charge in [0.05, 0.1) is 0 Å². The zero-order valence-corrected chi connectivity index (χ0v) is 8.89. The lowest BCUT2D eigenvalue weighted by Crippen LogP contribution is -2.09. The maximum absolute atomic E-state index is 10.2. The van der Waals surface area contributed by atoms with Crippen molar-refractivity contribution in [3.8, 4) is 11.1 Å². The van der Waals surface area contributed by atoms with E-state index in [-0.39, 0.29) is 0 Å². The summed E-state index contributed by atoms with van der Waals surface area (Å²) in [5.74, 6) is 0. The molecule has 0 aromatic heterocycles. The molecule has 1 amide bonds. The highest BCUT2D eigenvalue weighted by molar-refractivity contribution is 5.64. The summed E-state index contributed by atoms with van der Waals surface area (Å²) in [7, 11) is 0. The number of nitrogens with one attached hydrogen (secondary N) is 1. The van der Waals surface area contributed by atoms with Crippen molar-refractivity contribution in [3.05, 3.63) is 60.2 Å². The van der Waals surface area contributed by atoms with E-state index in [1.807, 2.05) is 30.3 Å². The van der Waals surface area contributed by atoms with E-state index in [1.165, 1.54) is 11.1 Å². The minimum Gasteiger partial charge on any atom is -0.355 e. The highest BCUT2D eigenvalue weighted by Gasteiger charge is 1.97. The highest BCUT2D eigenvalue weighted by Crippen LogP contribution is 2.19. The fourth-order valence-electron chi connectivity index (χ4n) is 1.65. The number of amides is 1. The van der Waals surface area contributed by atoms with Crippen molar-refractivity contribution in [1.29, 1.82) is 0 Å². The predicted octanol–water partition coefficient (Wildman–Crippen LogP) is 2.60. The quantitative estimate of drug-likeness (QED) is 0.774. The van der Waals surface area contributed by atoms with Gasteiger partial charge >= 0.3 is 0 Å². The normalized spacial score (nSPS) is 9.75. The molecule has 2 rings (SSSR count). The molecule has 2 nitrogen and oxygen atoms in total. The van der Waals surface area contributed by atoms with E-state index in [4.69, 9.17) is 0 Å². The summed E-state index contributed by atoms with van der Waals surface area (Å²) in [6.45, 7) is 0.574. The van der Waals surface area contributed by atoms with Gasteiger partial charge in [-0.25, -0.2) is 0 Å². The lowest BCUT2D eigenvalue weighted by Gasteiger charge is -2.04. The van der Waals surface area contributed by atoms with Crippen LogP contribution in [0.4, 0.5) is 0 Å². The van der Waals surface area contributed by atoms with Gasteiger partial charge in [0.1, 0.15) is 0 Å². The van der Waals surface area contributed by atoms with E-state index in [9.17, 15) is 4.79 Å². The van der Waals surface area contributed by atoms with Crippen LogP contribution >= 0.6 is 0 Å². The maximum atomic E-state index is 10.2. The topological polar surface area (TPSA) is 29.1 Å². The fourth-order valence-corrected chi connectivity index (χ4v) is 1.65. The van der Waals surface area contributed by atoms with Crippen LogP contribution in [0.25, 0.3) is 11.1 Å². The summed E-state index contributed by atoms with van der Waals surface area (Å²) < 4.78 is 0. The van der Waals surface area contributed by atoms with Crippen LogP contribution in [0.15, 0.2) is 54.6 Å². The maximum Gasteiger partial charge on any atom is 0.207 e. The summed E-state index contributed by atoms with van der Waals surface area (Å²) >= 11 is 0. The summed E-state index contributed by atoms with van der Waals surface area (Å²) in [4.78, 5) is 10.2.